The van der Waals surface area contributed by atoms with Crippen LogP contribution in [0.5, 0.6) is 0 Å². The van der Waals surface area contributed by atoms with Gasteiger partial charge in [0.05, 0.1) is 0 Å². The lowest BCUT2D eigenvalue weighted by atomic mass is 9.90. The third-order valence-electron chi connectivity index (χ3n) is 2.68. The molecule has 1 heterocycles. The maximum absolute atomic E-state index is 12.0. The Labute approximate surface area is 86.6 Å². The molecule has 15 heavy (non-hydrogen) atoms. The summed E-state index contributed by atoms with van der Waals surface area (Å²) in [5.74, 6) is -1.68. The topological polar surface area (TPSA) is 32.3 Å². The summed E-state index contributed by atoms with van der Waals surface area (Å²) in [6.45, 7) is 3.27. The SMILES string of the molecule is CCC(NC(=O)C(F)(F)F)C1CN(C)C1. The highest BCUT2D eigenvalue weighted by atomic mass is 19.4. The zero-order chi connectivity index (χ0) is 11.6. The number of hydrogen-bond acceptors (Lipinski definition) is 2. The van der Waals surface area contributed by atoms with Crippen LogP contribution < -0.4 is 5.32 Å². The van der Waals surface area contributed by atoms with Crippen LogP contribution in [0.1, 0.15) is 13.3 Å². The molecule has 1 fully saturated rings. The highest BCUT2D eigenvalue weighted by Gasteiger charge is 2.41. The fourth-order valence-corrected chi connectivity index (χ4v) is 1.81. The number of rotatable bonds is 3. The van der Waals surface area contributed by atoms with E-state index >= 15 is 0 Å². The van der Waals surface area contributed by atoms with Crippen molar-refractivity contribution in [2.24, 2.45) is 5.92 Å². The van der Waals surface area contributed by atoms with Gasteiger partial charge in [-0.15, -0.1) is 0 Å². The summed E-state index contributed by atoms with van der Waals surface area (Å²) < 4.78 is 36.0. The van der Waals surface area contributed by atoms with E-state index in [9.17, 15) is 18.0 Å². The second-order valence-electron chi connectivity index (χ2n) is 3.97. The lowest BCUT2D eigenvalue weighted by molar-refractivity contribution is -0.175. The maximum atomic E-state index is 12.0. The third-order valence-corrected chi connectivity index (χ3v) is 2.68. The molecule has 0 aliphatic carbocycles. The molecule has 1 atom stereocenters. The van der Waals surface area contributed by atoms with E-state index in [0.29, 0.717) is 6.42 Å². The average Bonchev–Trinajstić information content (AvgIpc) is 2.07. The molecular weight excluding hydrogens is 209 g/mol. The van der Waals surface area contributed by atoms with Gasteiger partial charge in [-0.1, -0.05) is 6.92 Å². The monoisotopic (exact) mass is 224 g/mol. The summed E-state index contributed by atoms with van der Waals surface area (Å²) >= 11 is 0. The predicted octanol–water partition coefficient (Wildman–Crippen LogP) is 1.01. The van der Waals surface area contributed by atoms with Crippen molar-refractivity contribution in [3.8, 4) is 0 Å². The number of likely N-dealkylation sites (tertiary alicyclic amines) is 1. The van der Waals surface area contributed by atoms with E-state index in [4.69, 9.17) is 0 Å². The van der Waals surface area contributed by atoms with Crippen molar-refractivity contribution in [1.82, 2.24) is 10.2 Å². The first-order valence-electron chi connectivity index (χ1n) is 4.90. The quantitative estimate of drug-likeness (QED) is 0.775. The highest BCUT2D eigenvalue weighted by molar-refractivity contribution is 5.81. The van der Waals surface area contributed by atoms with Gasteiger partial charge in [0.25, 0.3) is 0 Å². The molecule has 6 heteroatoms. The van der Waals surface area contributed by atoms with Gasteiger partial charge >= 0.3 is 12.1 Å². The molecule has 88 valence electrons. The molecule has 0 radical (unpaired) electrons. The summed E-state index contributed by atoms with van der Waals surface area (Å²) in [5.41, 5.74) is 0. The Morgan fingerprint density at radius 1 is 1.53 bits per heavy atom. The number of carbonyl (C=O) groups is 1. The van der Waals surface area contributed by atoms with Crippen molar-refractivity contribution in [2.45, 2.75) is 25.6 Å². The summed E-state index contributed by atoms with van der Waals surface area (Å²) in [5, 5.41) is 2.04. The normalized spacial score (nSPS) is 20.9. The molecule has 1 aliphatic heterocycles. The van der Waals surface area contributed by atoms with Gasteiger partial charge in [0.15, 0.2) is 0 Å². The van der Waals surface area contributed by atoms with Crippen molar-refractivity contribution in [2.75, 3.05) is 20.1 Å². The second kappa shape index (κ2) is 4.38. The van der Waals surface area contributed by atoms with Gasteiger partial charge in [0, 0.05) is 25.0 Å². The number of amides is 1. The molecule has 0 bridgehead atoms. The largest absolute Gasteiger partial charge is 0.471 e. The Balaban J connectivity index is 2.44. The van der Waals surface area contributed by atoms with Crippen LogP contribution in [0.2, 0.25) is 0 Å². The molecule has 0 aromatic rings. The molecule has 1 amide bonds. The number of carbonyl (C=O) groups excluding carboxylic acids is 1. The average molecular weight is 224 g/mol. The van der Waals surface area contributed by atoms with E-state index in [1.165, 1.54) is 0 Å². The zero-order valence-corrected chi connectivity index (χ0v) is 8.77. The molecule has 0 aromatic heterocycles. The fraction of sp³-hybridized carbons (Fsp3) is 0.889. The van der Waals surface area contributed by atoms with Gasteiger partial charge in [0.1, 0.15) is 0 Å². The Bertz CT molecular complexity index is 236. The summed E-state index contributed by atoms with van der Waals surface area (Å²) in [6.07, 6.45) is -4.25. The van der Waals surface area contributed by atoms with E-state index in [2.05, 4.69) is 0 Å². The zero-order valence-electron chi connectivity index (χ0n) is 8.77. The van der Waals surface area contributed by atoms with Gasteiger partial charge < -0.3 is 10.2 Å². The smallest absolute Gasteiger partial charge is 0.345 e. The van der Waals surface area contributed by atoms with Crippen LogP contribution in [0, 0.1) is 5.92 Å². The fourth-order valence-electron chi connectivity index (χ4n) is 1.81. The molecular formula is C9H15F3N2O. The first-order valence-corrected chi connectivity index (χ1v) is 4.90. The maximum Gasteiger partial charge on any atom is 0.471 e. The van der Waals surface area contributed by atoms with Crippen LogP contribution in [0.15, 0.2) is 0 Å². The Hall–Kier alpha value is -0.780. The molecule has 1 unspecified atom stereocenters. The van der Waals surface area contributed by atoms with Crippen molar-refractivity contribution in [1.29, 1.82) is 0 Å². The van der Waals surface area contributed by atoms with Gasteiger partial charge in [-0.25, -0.2) is 0 Å². The Kier molecular flexibility index (Phi) is 3.59. The van der Waals surface area contributed by atoms with E-state index in [1.54, 1.807) is 6.92 Å². The van der Waals surface area contributed by atoms with Gasteiger partial charge in [0.2, 0.25) is 0 Å². The minimum Gasteiger partial charge on any atom is -0.345 e. The van der Waals surface area contributed by atoms with Crippen molar-refractivity contribution >= 4 is 5.91 Å². The van der Waals surface area contributed by atoms with Gasteiger partial charge in [-0.05, 0) is 13.5 Å². The number of hydrogen-bond donors (Lipinski definition) is 1. The number of alkyl halides is 3. The summed E-state index contributed by atoms with van der Waals surface area (Å²) in [7, 11) is 1.90. The number of halogens is 3. The summed E-state index contributed by atoms with van der Waals surface area (Å²) in [4.78, 5) is 12.7. The first-order chi connectivity index (χ1) is 6.84. The lowest BCUT2D eigenvalue weighted by Crippen LogP contribution is -2.56. The van der Waals surface area contributed by atoms with Crippen LogP contribution in [-0.2, 0) is 4.79 Å². The molecule has 1 N–H and O–H groups in total. The van der Waals surface area contributed by atoms with Crippen molar-refractivity contribution in [3.63, 3.8) is 0 Å². The standard InChI is InChI=1S/C9H15F3N2O/c1-3-7(6-4-14(2)5-6)13-8(15)9(10,11)12/h6-7H,3-5H2,1-2H3,(H,13,15). The van der Waals surface area contributed by atoms with E-state index in [1.807, 2.05) is 17.3 Å². The van der Waals surface area contributed by atoms with E-state index in [-0.39, 0.29) is 12.0 Å². The molecule has 0 spiro atoms. The molecule has 1 aliphatic rings. The van der Waals surface area contributed by atoms with E-state index < -0.39 is 12.1 Å². The molecule has 0 saturated carbocycles. The minimum atomic E-state index is -4.77. The van der Waals surface area contributed by atoms with Crippen LogP contribution >= 0.6 is 0 Å². The van der Waals surface area contributed by atoms with Crippen LogP contribution in [-0.4, -0.2) is 43.2 Å². The Morgan fingerprint density at radius 3 is 2.40 bits per heavy atom. The number of nitrogens with zero attached hydrogens (tertiary/aromatic N) is 1. The summed E-state index contributed by atoms with van der Waals surface area (Å²) in [6, 6.07) is -0.365. The minimum absolute atomic E-state index is 0.145. The van der Waals surface area contributed by atoms with Crippen LogP contribution in [0.3, 0.4) is 0 Å². The van der Waals surface area contributed by atoms with Crippen molar-refractivity contribution in [3.05, 3.63) is 0 Å². The van der Waals surface area contributed by atoms with Crippen LogP contribution in [0.4, 0.5) is 13.2 Å². The molecule has 0 aromatic carbocycles. The predicted molar refractivity (Wildman–Crippen MR) is 49.3 cm³/mol. The van der Waals surface area contributed by atoms with E-state index in [0.717, 1.165) is 13.1 Å². The first kappa shape index (κ1) is 12.3. The van der Waals surface area contributed by atoms with Crippen LogP contribution in [0.25, 0.3) is 0 Å². The third kappa shape index (κ3) is 3.09. The molecule has 3 nitrogen and oxygen atoms in total. The molecule has 1 saturated heterocycles. The highest BCUT2D eigenvalue weighted by Crippen LogP contribution is 2.21. The van der Waals surface area contributed by atoms with Crippen molar-refractivity contribution < 1.29 is 18.0 Å². The second-order valence-corrected chi connectivity index (χ2v) is 3.97. The van der Waals surface area contributed by atoms with Gasteiger partial charge in [-0.2, -0.15) is 13.2 Å². The van der Waals surface area contributed by atoms with Gasteiger partial charge in [-0.3, -0.25) is 4.79 Å². The number of nitrogens with one attached hydrogen (secondary N) is 1. The Morgan fingerprint density at radius 2 is 2.07 bits per heavy atom. The molecule has 1 rings (SSSR count). The lowest BCUT2D eigenvalue weighted by Gasteiger charge is -2.41.